The van der Waals surface area contributed by atoms with Gasteiger partial charge in [0.2, 0.25) is 15.9 Å². The summed E-state index contributed by atoms with van der Waals surface area (Å²) in [7, 11) is -4.25. The molecule has 11 nitrogen and oxygen atoms in total. The van der Waals surface area contributed by atoms with Gasteiger partial charge in [-0.15, -0.1) is 0 Å². The Morgan fingerprint density at radius 2 is 1.79 bits per heavy atom. The Balaban J connectivity index is 1.74. The molecular weight excluding hydrogens is 591 g/mol. The highest BCUT2D eigenvalue weighted by atomic mass is 32.2. The van der Waals surface area contributed by atoms with E-state index in [0.717, 1.165) is 30.3 Å². The molecule has 0 aliphatic carbocycles. The molecule has 0 spiro atoms. The summed E-state index contributed by atoms with van der Waals surface area (Å²) in [5.41, 5.74) is -0.656. The Labute approximate surface area is 244 Å². The van der Waals surface area contributed by atoms with Crippen LogP contribution in [0.25, 0.3) is 5.69 Å². The molecule has 0 radical (unpaired) electrons. The number of non-ortho nitro benzene ring substituents is 1. The number of aromatic nitrogens is 2. The van der Waals surface area contributed by atoms with Gasteiger partial charge in [-0.25, -0.2) is 13.1 Å². The van der Waals surface area contributed by atoms with Gasteiger partial charge in [0.05, 0.1) is 16.2 Å². The number of nitro benzene ring substituents is 1. The SMILES string of the molecule is CCCNS(=O)(=O)c1cc([N+](=O)[O-])ccc1Oc1c(C)c(C(=O)NCc2cccc(C(F)(F)F)c2)nn1-c1ccccc1. The minimum Gasteiger partial charge on any atom is -0.437 e. The van der Waals surface area contributed by atoms with Crippen LogP contribution in [0.1, 0.15) is 40.5 Å². The van der Waals surface area contributed by atoms with Gasteiger partial charge in [0.1, 0.15) is 10.6 Å². The van der Waals surface area contributed by atoms with Crippen LogP contribution in [-0.4, -0.2) is 35.6 Å². The fourth-order valence-electron chi connectivity index (χ4n) is 4.01. The zero-order valence-corrected chi connectivity index (χ0v) is 23.7. The Bertz CT molecular complexity index is 1760. The summed E-state index contributed by atoms with van der Waals surface area (Å²) in [6, 6.07) is 16.0. The zero-order chi connectivity index (χ0) is 31.4. The fourth-order valence-corrected chi connectivity index (χ4v) is 5.29. The first-order valence-electron chi connectivity index (χ1n) is 12.9. The first-order valence-corrected chi connectivity index (χ1v) is 14.4. The largest absolute Gasteiger partial charge is 0.437 e. The number of para-hydroxylation sites is 1. The number of hydrogen-bond acceptors (Lipinski definition) is 7. The molecule has 4 rings (SSSR count). The molecule has 43 heavy (non-hydrogen) atoms. The van der Waals surface area contributed by atoms with Crippen molar-refractivity contribution in [1.29, 1.82) is 0 Å². The number of nitrogens with one attached hydrogen (secondary N) is 2. The highest BCUT2D eigenvalue weighted by Gasteiger charge is 2.31. The van der Waals surface area contributed by atoms with E-state index in [9.17, 15) is 36.5 Å². The third-order valence-corrected chi connectivity index (χ3v) is 7.65. The van der Waals surface area contributed by atoms with Crippen LogP contribution in [0.5, 0.6) is 11.6 Å². The molecule has 4 aromatic rings. The maximum atomic E-state index is 13.2. The van der Waals surface area contributed by atoms with Crippen molar-refractivity contribution in [1.82, 2.24) is 19.8 Å². The number of benzene rings is 3. The molecule has 0 aliphatic heterocycles. The van der Waals surface area contributed by atoms with Crippen molar-refractivity contribution in [3.8, 4) is 17.3 Å². The molecule has 15 heteroatoms. The molecule has 1 amide bonds. The maximum Gasteiger partial charge on any atom is 0.416 e. The summed E-state index contributed by atoms with van der Waals surface area (Å²) in [5.74, 6) is -1.04. The van der Waals surface area contributed by atoms with Crippen molar-refractivity contribution in [3.05, 3.63) is 105 Å². The molecule has 0 bridgehead atoms. The molecular formula is C28H26F3N5O6S. The van der Waals surface area contributed by atoms with Crippen molar-refractivity contribution in [3.63, 3.8) is 0 Å². The van der Waals surface area contributed by atoms with E-state index in [1.807, 2.05) is 0 Å². The van der Waals surface area contributed by atoms with Gasteiger partial charge in [-0.2, -0.15) is 23.0 Å². The van der Waals surface area contributed by atoms with Gasteiger partial charge in [0, 0.05) is 30.8 Å². The van der Waals surface area contributed by atoms with Gasteiger partial charge >= 0.3 is 6.18 Å². The van der Waals surface area contributed by atoms with Gasteiger partial charge in [-0.05, 0) is 49.2 Å². The number of sulfonamides is 1. The normalized spacial score (nSPS) is 11.7. The Morgan fingerprint density at radius 1 is 1.07 bits per heavy atom. The molecule has 0 fully saturated rings. The lowest BCUT2D eigenvalue weighted by Crippen LogP contribution is -2.25. The number of carbonyl (C=O) groups is 1. The van der Waals surface area contributed by atoms with Crippen LogP contribution >= 0.6 is 0 Å². The van der Waals surface area contributed by atoms with Crippen LogP contribution in [0.2, 0.25) is 0 Å². The first kappa shape index (κ1) is 31.2. The van der Waals surface area contributed by atoms with Crippen molar-refractivity contribution < 1.29 is 36.0 Å². The van der Waals surface area contributed by atoms with Crippen LogP contribution in [0.4, 0.5) is 18.9 Å². The van der Waals surface area contributed by atoms with E-state index in [1.54, 1.807) is 37.3 Å². The van der Waals surface area contributed by atoms with E-state index in [2.05, 4.69) is 15.1 Å². The number of hydrogen-bond donors (Lipinski definition) is 2. The van der Waals surface area contributed by atoms with Crippen molar-refractivity contribution in [2.45, 2.75) is 37.9 Å². The predicted octanol–water partition coefficient (Wildman–Crippen LogP) is 5.52. The molecule has 1 heterocycles. The average Bonchev–Trinajstić information content (AvgIpc) is 3.30. The van der Waals surface area contributed by atoms with E-state index < -0.39 is 43.2 Å². The number of carbonyl (C=O) groups excluding carboxylic acids is 1. The van der Waals surface area contributed by atoms with Crippen LogP contribution in [0.15, 0.2) is 77.7 Å². The molecule has 226 valence electrons. The molecule has 0 saturated heterocycles. The minimum atomic E-state index is -4.55. The summed E-state index contributed by atoms with van der Waals surface area (Å²) >= 11 is 0. The van der Waals surface area contributed by atoms with Crippen LogP contribution in [-0.2, 0) is 22.7 Å². The van der Waals surface area contributed by atoms with Gasteiger partial charge in [0.25, 0.3) is 11.6 Å². The second kappa shape index (κ2) is 12.6. The molecule has 0 atom stereocenters. The second-order valence-corrected chi connectivity index (χ2v) is 11.0. The molecule has 1 aromatic heterocycles. The summed E-state index contributed by atoms with van der Waals surface area (Å²) in [5, 5.41) is 18.3. The smallest absolute Gasteiger partial charge is 0.416 e. The lowest BCUT2D eigenvalue weighted by atomic mass is 10.1. The van der Waals surface area contributed by atoms with Crippen LogP contribution in [0, 0.1) is 17.0 Å². The fraction of sp³-hybridized carbons (Fsp3) is 0.214. The Morgan fingerprint density at radius 3 is 2.44 bits per heavy atom. The molecule has 3 aromatic carbocycles. The Hall–Kier alpha value is -4.76. The minimum absolute atomic E-state index is 0.0591. The highest BCUT2D eigenvalue weighted by Crippen LogP contribution is 2.36. The van der Waals surface area contributed by atoms with Crippen molar-refractivity contribution in [2.75, 3.05) is 6.54 Å². The number of alkyl halides is 3. The van der Waals surface area contributed by atoms with E-state index in [-0.39, 0.29) is 41.5 Å². The van der Waals surface area contributed by atoms with E-state index in [0.29, 0.717) is 12.1 Å². The highest BCUT2D eigenvalue weighted by molar-refractivity contribution is 7.89. The lowest BCUT2D eigenvalue weighted by Gasteiger charge is -2.14. The van der Waals surface area contributed by atoms with E-state index in [4.69, 9.17) is 4.74 Å². The number of nitrogens with zero attached hydrogens (tertiary/aromatic N) is 3. The third-order valence-electron chi connectivity index (χ3n) is 6.17. The predicted molar refractivity (Wildman–Crippen MR) is 150 cm³/mol. The monoisotopic (exact) mass is 617 g/mol. The summed E-state index contributed by atoms with van der Waals surface area (Å²) in [6.07, 6.45) is -4.09. The second-order valence-electron chi connectivity index (χ2n) is 9.29. The van der Waals surface area contributed by atoms with Gasteiger partial charge in [0.15, 0.2) is 5.69 Å². The zero-order valence-electron chi connectivity index (χ0n) is 22.9. The van der Waals surface area contributed by atoms with Gasteiger partial charge < -0.3 is 10.1 Å². The van der Waals surface area contributed by atoms with E-state index >= 15 is 0 Å². The number of ether oxygens (including phenoxy) is 1. The summed E-state index contributed by atoms with van der Waals surface area (Å²) in [6.45, 7) is 3.08. The standard InChI is InChI=1S/C28H26F3N5O6S/c1-3-14-33-43(40,41)24-16-22(36(38)39)12-13-23(24)42-27-18(2)25(34-35(27)21-10-5-4-6-11-21)26(37)32-17-19-8-7-9-20(15-19)28(29,30)31/h4-13,15-16,33H,3,14,17H2,1-2H3,(H,32,37). The third kappa shape index (κ3) is 7.18. The number of amides is 1. The first-order chi connectivity index (χ1) is 20.3. The van der Waals surface area contributed by atoms with E-state index in [1.165, 1.54) is 23.7 Å². The Kier molecular flexibility index (Phi) is 9.16. The van der Waals surface area contributed by atoms with Crippen LogP contribution in [0.3, 0.4) is 0 Å². The summed E-state index contributed by atoms with van der Waals surface area (Å²) < 4.78 is 75.1. The molecule has 2 N–H and O–H groups in total. The maximum absolute atomic E-state index is 13.2. The lowest BCUT2D eigenvalue weighted by molar-refractivity contribution is -0.385. The van der Waals surface area contributed by atoms with Crippen molar-refractivity contribution in [2.24, 2.45) is 0 Å². The topological polar surface area (TPSA) is 145 Å². The number of halogens is 3. The van der Waals surface area contributed by atoms with Gasteiger partial charge in [-0.3, -0.25) is 14.9 Å². The number of rotatable bonds is 11. The van der Waals surface area contributed by atoms with Crippen molar-refractivity contribution >= 4 is 21.6 Å². The quantitative estimate of drug-likeness (QED) is 0.167. The van der Waals surface area contributed by atoms with Gasteiger partial charge in [-0.1, -0.05) is 37.3 Å². The molecule has 0 saturated carbocycles. The summed E-state index contributed by atoms with van der Waals surface area (Å²) in [4.78, 5) is 23.4. The van der Waals surface area contributed by atoms with Crippen LogP contribution < -0.4 is 14.8 Å². The molecule has 0 unspecified atom stereocenters. The average molecular weight is 618 g/mol. The molecule has 0 aliphatic rings. The number of nitro groups is 1.